The molecule has 0 amide bonds. The van der Waals surface area contributed by atoms with E-state index in [1.54, 1.807) is 7.11 Å². The minimum absolute atomic E-state index is 0.0629. The molecule has 0 saturated carbocycles. The summed E-state index contributed by atoms with van der Waals surface area (Å²) in [6.07, 6.45) is 2.19. The summed E-state index contributed by atoms with van der Waals surface area (Å²) in [7, 11) is 3.83. The fraction of sp³-hybridized carbons (Fsp3) is 0.429. The van der Waals surface area contributed by atoms with Crippen molar-refractivity contribution in [1.82, 2.24) is 0 Å². The third-order valence-electron chi connectivity index (χ3n) is 3.51. The summed E-state index contributed by atoms with van der Waals surface area (Å²) in [5.74, 6) is 0.928. The van der Waals surface area contributed by atoms with Crippen molar-refractivity contribution in [3.05, 3.63) is 35.5 Å². The Balaban J connectivity index is 2.63. The molecule has 0 N–H and O–H groups in total. The summed E-state index contributed by atoms with van der Waals surface area (Å²) in [5.41, 5.74) is 4.02. The van der Waals surface area contributed by atoms with Crippen LogP contribution >= 0.6 is 0 Å². The van der Waals surface area contributed by atoms with Crippen molar-refractivity contribution in [2.24, 2.45) is 0 Å². The minimum Gasteiger partial charge on any atom is -0.497 e. The van der Waals surface area contributed by atoms with Gasteiger partial charge < -0.3 is 9.64 Å². The first-order valence-corrected chi connectivity index (χ1v) is 5.61. The standard InChI is InChI=1S/C14H19NO/c1-6-13-14(2,3)11-9-10(16-5)7-8-12(11)15(13)4/h6-9H,1-5H3/b13-6+. The second-order valence-corrected chi connectivity index (χ2v) is 4.74. The first-order valence-electron chi connectivity index (χ1n) is 5.61. The monoisotopic (exact) mass is 217 g/mol. The van der Waals surface area contributed by atoms with E-state index in [2.05, 4.69) is 50.9 Å². The number of allylic oxidation sites excluding steroid dienone is 2. The van der Waals surface area contributed by atoms with Crippen molar-refractivity contribution in [1.29, 1.82) is 0 Å². The number of ether oxygens (including phenoxy) is 1. The van der Waals surface area contributed by atoms with Crippen LogP contribution in [0.1, 0.15) is 26.3 Å². The lowest BCUT2D eigenvalue weighted by molar-refractivity contribution is 0.413. The normalized spacial score (nSPS) is 20.1. The minimum atomic E-state index is 0.0629. The van der Waals surface area contributed by atoms with Gasteiger partial charge in [0.15, 0.2) is 0 Å². The summed E-state index contributed by atoms with van der Waals surface area (Å²) in [6, 6.07) is 6.29. The van der Waals surface area contributed by atoms with Crippen LogP contribution in [0.15, 0.2) is 30.0 Å². The first-order chi connectivity index (χ1) is 7.52. The van der Waals surface area contributed by atoms with E-state index in [4.69, 9.17) is 4.74 Å². The maximum atomic E-state index is 5.30. The Bertz CT molecular complexity index is 446. The molecule has 0 radical (unpaired) electrons. The van der Waals surface area contributed by atoms with Crippen LogP contribution in [0.2, 0.25) is 0 Å². The molecule has 0 unspecified atom stereocenters. The van der Waals surface area contributed by atoms with Crippen LogP contribution < -0.4 is 9.64 Å². The number of nitrogens with zero attached hydrogens (tertiary/aromatic N) is 1. The van der Waals surface area contributed by atoms with E-state index < -0.39 is 0 Å². The summed E-state index contributed by atoms with van der Waals surface area (Å²) < 4.78 is 5.30. The van der Waals surface area contributed by atoms with Gasteiger partial charge in [0.25, 0.3) is 0 Å². The largest absolute Gasteiger partial charge is 0.497 e. The van der Waals surface area contributed by atoms with Gasteiger partial charge in [-0.3, -0.25) is 0 Å². The van der Waals surface area contributed by atoms with Crippen LogP contribution in [-0.2, 0) is 5.41 Å². The van der Waals surface area contributed by atoms with E-state index in [9.17, 15) is 0 Å². The van der Waals surface area contributed by atoms with E-state index in [0.29, 0.717) is 0 Å². The number of anilines is 1. The summed E-state index contributed by atoms with van der Waals surface area (Å²) in [6.45, 7) is 6.60. The molecule has 1 aliphatic rings. The van der Waals surface area contributed by atoms with Gasteiger partial charge >= 0.3 is 0 Å². The zero-order valence-electron chi connectivity index (χ0n) is 10.7. The molecule has 2 rings (SSSR count). The topological polar surface area (TPSA) is 12.5 Å². The molecule has 1 heterocycles. The van der Waals surface area contributed by atoms with Crippen LogP contribution in [0.25, 0.3) is 0 Å². The summed E-state index contributed by atoms with van der Waals surface area (Å²) in [4.78, 5) is 2.26. The van der Waals surface area contributed by atoms with E-state index in [1.165, 1.54) is 16.9 Å². The molecule has 0 bridgehead atoms. The molecular formula is C14H19NO. The molecule has 0 spiro atoms. The SMILES string of the molecule is C/C=C1/N(C)c2ccc(OC)cc2C1(C)C. The molecule has 0 saturated heterocycles. The molecular weight excluding hydrogens is 198 g/mol. The predicted octanol–water partition coefficient (Wildman–Crippen LogP) is 3.33. The van der Waals surface area contributed by atoms with Gasteiger partial charge in [-0.1, -0.05) is 19.9 Å². The van der Waals surface area contributed by atoms with Crippen molar-refractivity contribution in [3.8, 4) is 5.75 Å². The highest BCUT2D eigenvalue weighted by atomic mass is 16.5. The van der Waals surface area contributed by atoms with Gasteiger partial charge in [0.05, 0.1) is 7.11 Å². The van der Waals surface area contributed by atoms with E-state index in [1.807, 2.05) is 6.07 Å². The molecule has 86 valence electrons. The highest BCUT2D eigenvalue weighted by molar-refractivity contribution is 5.71. The number of rotatable bonds is 1. The molecule has 16 heavy (non-hydrogen) atoms. The highest BCUT2D eigenvalue weighted by Gasteiger charge is 2.38. The van der Waals surface area contributed by atoms with Gasteiger partial charge in [-0.05, 0) is 30.7 Å². The van der Waals surface area contributed by atoms with Crippen molar-refractivity contribution < 1.29 is 4.74 Å². The molecule has 1 aromatic carbocycles. The Hall–Kier alpha value is -1.44. The maximum absolute atomic E-state index is 5.30. The van der Waals surface area contributed by atoms with Crippen LogP contribution in [0, 0.1) is 0 Å². The molecule has 0 aliphatic carbocycles. The molecule has 1 aliphatic heterocycles. The predicted molar refractivity (Wildman–Crippen MR) is 68.2 cm³/mol. The van der Waals surface area contributed by atoms with Gasteiger partial charge in [-0.2, -0.15) is 0 Å². The Morgan fingerprint density at radius 2 is 2.00 bits per heavy atom. The van der Waals surface area contributed by atoms with Gasteiger partial charge in [-0.15, -0.1) is 0 Å². The molecule has 2 nitrogen and oxygen atoms in total. The Morgan fingerprint density at radius 3 is 2.56 bits per heavy atom. The molecule has 0 atom stereocenters. The number of methoxy groups -OCH3 is 1. The second kappa shape index (κ2) is 3.55. The van der Waals surface area contributed by atoms with Crippen LogP contribution in [-0.4, -0.2) is 14.2 Å². The second-order valence-electron chi connectivity index (χ2n) is 4.74. The van der Waals surface area contributed by atoms with Gasteiger partial charge in [-0.25, -0.2) is 0 Å². The molecule has 0 fully saturated rings. The number of fused-ring (bicyclic) bond motifs is 1. The van der Waals surface area contributed by atoms with Crippen molar-refractivity contribution in [2.45, 2.75) is 26.2 Å². The third kappa shape index (κ3) is 1.33. The molecule has 0 aromatic heterocycles. The zero-order chi connectivity index (χ0) is 11.9. The van der Waals surface area contributed by atoms with E-state index >= 15 is 0 Å². The summed E-state index contributed by atoms with van der Waals surface area (Å²) in [5, 5.41) is 0. The third-order valence-corrected chi connectivity index (χ3v) is 3.51. The van der Waals surface area contributed by atoms with Crippen LogP contribution in [0.5, 0.6) is 5.75 Å². The number of hydrogen-bond acceptors (Lipinski definition) is 2. The van der Waals surface area contributed by atoms with E-state index in [0.717, 1.165) is 5.75 Å². The Labute approximate surface area is 97.5 Å². The smallest absolute Gasteiger partial charge is 0.119 e. The molecule has 2 heteroatoms. The number of likely N-dealkylation sites (N-methyl/N-ethyl adjacent to an activating group) is 1. The number of hydrogen-bond donors (Lipinski definition) is 0. The van der Waals surface area contributed by atoms with Crippen molar-refractivity contribution in [2.75, 3.05) is 19.1 Å². The molecule has 1 aromatic rings. The number of benzene rings is 1. The lowest BCUT2D eigenvalue weighted by Gasteiger charge is -2.23. The van der Waals surface area contributed by atoms with Gasteiger partial charge in [0.2, 0.25) is 0 Å². The Kier molecular flexibility index (Phi) is 2.45. The fourth-order valence-electron chi connectivity index (χ4n) is 2.68. The van der Waals surface area contributed by atoms with Crippen LogP contribution in [0.3, 0.4) is 0 Å². The van der Waals surface area contributed by atoms with Crippen LogP contribution in [0.4, 0.5) is 5.69 Å². The maximum Gasteiger partial charge on any atom is 0.119 e. The van der Waals surface area contributed by atoms with Gasteiger partial charge in [0, 0.05) is 23.8 Å². The zero-order valence-corrected chi connectivity index (χ0v) is 10.7. The average Bonchev–Trinajstić information content (AvgIpc) is 2.46. The van der Waals surface area contributed by atoms with Gasteiger partial charge in [0.1, 0.15) is 5.75 Å². The quantitative estimate of drug-likeness (QED) is 0.715. The Morgan fingerprint density at radius 1 is 1.31 bits per heavy atom. The van der Waals surface area contributed by atoms with E-state index in [-0.39, 0.29) is 5.41 Å². The van der Waals surface area contributed by atoms with Crippen molar-refractivity contribution >= 4 is 5.69 Å². The first kappa shape index (κ1) is 11.1. The fourth-order valence-corrected chi connectivity index (χ4v) is 2.68. The summed E-state index contributed by atoms with van der Waals surface area (Å²) >= 11 is 0. The average molecular weight is 217 g/mol. The lowest BCUT2D eigenvalue weighted by atomic mass is 9.84. The van der Waals surface area contributed by atoms with Crippen molar-refractivity contribution in [3.63, 3.8) is 0 Å². The highest BCUT2D eigenvalue weighted by Crippen LogP contribution is 2.47. The lowest BCUT2D eigenvalue weighted by Crippen LogP contribution is -2.22.